The van der Waals surface area contributed by atoms with Crippen LogP contribution in [0.4, 0.5) is 8.78 Å². The summed E-state index contributed by atoms with van der Waals surface area (Å²) in [5, 5.41) is 0. The number of carbonyl (C=O) groups excluding carboxylic acids is 1. The largest absolute Gasteiger partial charge is 0.292 e. The zero-order valence-corrected chi connectivity index (χ0v) is 8.73. The lowest BCUT2D eigenvalue weighted by molar-refractivity contribution is 0.0986. The Kier molecular flexibility index (Phi) is 3.18. The van der Waals surface area contributed by atoms with Crippen molar-refractivity contribution in [3.63, 3.8) is 0 Å². The number of rotatable bonds is 3. The SMILES string of the molecule is O=C(Cc1cccc(F)c1F)c1ccncn1. The Bertz CT molecular complexity index is 543. The number of hydrogen-bond acceptors (Lipinski definition) is 3. The average molecular weight is 234 g/mol. The lowest BCUT2D eigenvalue weighted by Crippen LogP contribution is -2.08. The van der Waals surface area contributed by atoms with Crippen molar-refractivity contribution in [2.45, 2.75) is 6.42 Å². The summed E-state index contributed by atoms with van der Waals surface area (Å²) in [5.41, 5.74) is 0.206. The van der Waals surface area contributed by atoms with E-state index in [0.717, 1.165) is 6.07 Å². The monoisotopic (exact) mass is 234 g/mol. The third-order valence-corrected chi connectivity index (χ3v) is 2.25. The van der Waals surface area contributed by atoms with Crippen LogP contribution in [0, 0.1) is 11.6 Å². The maximum Gasteiger partial charge on any atom is 0.185 e. The molecule has 0 aliphatic carbocycles. The first-order valence-electron chi connectivity index (χ1n) is 4.90. The summed E-state index contributed by atoms with van der Waals surface area (Å²) in [7, 11) is 0. The number of ketones is 1. The minimum absolute atomic E-state index is 0.0219. The second kappa shape index (κ2) is 4.78. The van der Waals surface area contributed by atoms with E-state index >= 15 is 0 Å². The zero-order chi connectivity index (χ0) is 12.3. The fourth-order valence-electron chi connectivity index (χ4n) is 1.40. The van der Waals surface area contributed by atoms with Gasteiger partial charge >= 0.3 is 0 Å². The van der Waals surface area contributed by atoms with E-state index in [-0.39, 0.29) is 23.5 Å². The first-order valence-corrected chi connectivity index (χ1v) is 4.90. The summed E-state index contributed by atoms with van der Waals surface area (Å²) >= 11 is 0. The normalized spacial score (nSPS) is 10.2. The van der Waals surface area contributed by atoms with E-state index < -0.39 is 11.6 Å². The Balaban J connectivity index is 2.22. The van der Waals surface area contributed by atoms with Gasteiger partial charge in [0.25, 0.3) is 0 Å². The number of nitrogens with zero attached hydrogens (tertiary/aromatic N) is 2. The lowest BCUT2D eigenvalue weighted by Gasteiger charge is -2.02. The van der Waals surface area contributed by atoms with Gasteiger partial charge in [0.2, 0.25) is 0 Å². The van der Waals surface area contributed by atoms with Crippen LogP contribution in [0.3, 0.4) is 0 Å². The molecule has 1 aromatic heterocycles. The summed E-state index contributed by atoms with van der Waals surface area (Å²) in [6.45, 7) is 0. The quantitative estimate of drug-likeness (QED) is 0.764. The predicted octanol–water partition coefficient (Wildman–Crippen LogP) is 2.18. The minimum atomic E-state index is -0.991. The molecule has 0 saturated carbocycles. The molecule has 0 unspecified atom stereocenters. The van der Waals surface area contributed by atoms with Gasteiger partial charge in [0.05, 0.1) is 0 Å². The van der Waals surface area contributed by atoms with Gasteiger partial charge < -0.3 is 0 Å². The van der Waals surface area contributed by atoms with E-state index in [1.807, 2.05) is 0 Å². The van der Waals surface area contributed by atoms with Crippen LogP contribution in [0.1, 0.15) is 16.1 Å². The highest BCUT2D eigenvalue weighted by Crippen LogP contribution is 2.13. The second-order valence-corrected chi connectivity index (χ2v) is 3.41. The number of Topliss-reactive ketones (excluding diaryl/α,β-unsaturated/α-hetero) is 1. The van der Waals surface area contributed by atoms with Gasteiger partial charge in [0, 0.05) is 12.6 Å². The first-order chi connectivity index (χ1) is 8.18. The number of carbonyl (C=O) groups is 1. The van der Waals surface area contributed by atoms with Gasteiger partial charge in [-0.1, -0.05) is 12.1 Å². The van der Waals surface area contributed by atoms with Gasteiger partial charge in [-0.05, 0) is 17.7 Å². The maximum absolute atomic E-state index is 13.3. The third kappa shape index (κ3) is 2.50. The molecule has 17 heavy (non-hydrogen) atoms. The summed E-state index contributed by atoms with van der Waals surface area (Å²) in [6.07, 6.45) is 2.43. The Hall–Kier alpha value is -2.17. The van der Waals surface area contributed by atoms with Crippen molar-refractivity contribution in [1.82, 2.24) is 9.97 Å². The molecule has 86 valence electrons. The van der Waals surface area contributed by atoms with Crippen molar-refractivity contribution in [1.29, 1.82) is 0 Å². The van der Waals surface area contributed by atoms with Crippen LogP contribution in [-0.4, -0.2) is 15.8 Å². The lowest BCUT2D eigenvalue weighted by atomic mass is 10.1. The van der Waals surface area contributed by atoms with Crippen LogP contribution < -0.4 is 0 Å². The van der Waals surface area contributed by atoms with Crippen molar-refractivity contribution < 1.29 is 13.6 Å². The highest BCUT2D eigenvalue weighted by molar-refractivity contribution is 5.95. The van der Waals surface area contributed by atoms with Gasteiger partial charge in [-0.25, -0.2) is 18.7 Å². The van der Waals surface area contributed by atoms with Gasteiger partial charge in [0.1, 0.15) is 12.0 Å². The van der Waals surface area contributed by atoms with Gasteiger partial charge in [0.15, 0.2) is 17.4 Å². The first kappa shape index (κ1) is 11.3. The van der Waals surface area contributed by atoms with E-state index in [1.54, 1.807) is 0 Å². The van der Waals surface area contributed by atoms with Crippen molar-refractivity contribution in [3.8, 4) is 0 Å². The Morgan fingerprint density at radius 3 is 2.76 bits per heavy atom. The Morgan fingerprint density at radius 1 is 1.24 bits per heavy atom. The average Bonchev–Trinajstić information content (AvgIpc) is 2.36. The van der Waals surface area contributed by atoms with E-state index in [0.29, 0.717) is 0 Å². The van der Waals surface area contributed by atoms with E-state index in [1.165, 1.54) is 30.7 Å². The summed E-state index contributed by atoms with van der Waals surface area (Å²) in [5.74, 6) is -2.33. The highest BCUT2D eigenvalue weighted by atomic mass is 19.2. The summed E-state index contributed by atoms with van der Waals surface area (Å²) in [4.78, 5) is 19.1. The molecule has 0 N–H and O–H groups in total. The molecule has 0 amide bonds. The molecule has 0 fully saturated rings. The molecule has 0 spiro atoms. The van der Waals surface area contributed by atoms with E-state index in [2.05, 4.69) is 9.97 Å². The number of halogens is 2. The molecule has 0 saturated heterocycles. The number of hydrogen-bond donors (Lipinski definition) is 0. The second-order valence-electron chi connectivity index (χ2n) is 3.41. The van der Waals surface area contributed by atoms with Crippen LogP contribution in [0.5, 0.6) is 0 Å². The molecule has 2 aromatic rings. The Labute approximate surface area is 96.2 Å². The molecular weight excluding hydrogens is 226 g/mol. The van der Waals surface area contributed by atoms with Gasteiger partial charge in [-0.15, -0.1) is 0 Å². The van der Waals surface area contributed by atoms with E-state index in [4.69, 9.17) is 0 Å². The molecule has 1 heterocycles. The van der Waals surface area contributed by atoms with Crippen LogP contribution in [-0.2, 0) is 6.42 Å². The fraction of sp³-hybridized carbons (Fsp3) is 0.0833. The van der Waals surface area contributed by atoms with Gasteiger partial charge in [-0.2, -0.15) is 0 Å². The number of aromatic nitrogens is 2. The van der Waals surface area contributed by atoms with Crippen molar-refractivity contribution >= 4 is 5.78 Å². The minimum Gasteiger partial charge on any atom is -0.292 e. The zero-order valence-electron chi connectivity index (χ0n) is 8.73. The molecule has 3 nitrogen and oxygen atoms in total. The van der Waals surface area contributed by atoms with Crippen molar-refractivity contribution in [2.24, 2.45) is 0 Å². The van der Waals surface area contributed by atoms with Gasteiger partial charge in [-0.3, -0.25) is 4.79 Å². The molecule has 0 radical (unpaired) electrons. The molecule has 0 bridgehead atoms. The standard InChI is InChI=1S/C12H8F2N2O/c13-9-3-1-2-8(12(9)14)6-11(17)10-4-5-15-7-16-10/h1-5,7H,6H2. The fourth-order valence-corrected chi connectivity index (χ4v) is 1.40. The molecular formula is C12H8F2N2O. The Morgan fingerprint density at radius 2 is 2.06 bits per heavy atom. The van der Waals surface area contributed by atoms with Crippen LogP contribution in [0.2, 0.25) is 0 Å². The summed E-state index contributed by atoms with van der Waals surface area (Å²) < 4.78 is 26.2. The smallest absolute Gasteiger partial charge is 0.185 e. The van der Waals surface area contributed by atoms with Crippen LogP contribution >= 0.6 is 0 Å². The van der Waals surface area contributed by atoms with Crippen molar-refractivity contribution in [2.75, 3.05) is 0 Å². The third-order valence-electron chi connectivity index (χ3n) is 2.25. The molecule has 2 rings (SSSR count). The van der Waals surface area contributed by atoms with Crippen LogP contribution in [0.15, 0.2) is 36.8 Å². The predicted molar refractivity (Wildman–Crippen MR) is 56.4 cm³/mol. The molecule has 1 aromatic carbocycles. The maximum atomic E-state index is 13.3. The molecule has 5 heteroatoms. The highest BCUT2D eigenvalue weighted by Gasteiger charge is 2.13. The molecule has 0 aliphatic rings. The topological polar surface area (TPSA) is 42.9 Å². The summed E-state index contributed by atoms with van der Waals surface area (Å²) in [6, 6.07) is 5.17. The van der Waals surface area contributed by atoms with Crippen molar-refractivity contribution in [3.05, 3.63) is 59.7 Å². The molecule has 0 aliphatic heterocycles. The van der Waals surface area contributed by atoms with Crippen LogP contribution in [0.25, 0.3) is 0 Å². The molecule has 0 atom stereocenters. The number of benzene rings is 1. The van der Waals surface area contributed by atoms with E-state index in [9.17, 15) is 13.6 Å².